The number of aromatic nitrogens is 3. The lowest BCUT2D eigenvalue weighted by molar-refractivity contribution is -0.113. The van der Waals surface area contributed by atoms with Crippen LogP contribution in [0.5, 0.6) is 0 Å². The molecule has 0 saturated carbocycles. The SMILES string of the molecule is O=C(CSc1nnc(-c2cccs2)n1CC1CCCO1)Nc1cccc2ccccc12. The van der Waals surface area contributed by atoms with Gasteiger partial charge in [-0.25, -0.2) is 0 Å². The van der Waals surface area contributed by atoms with Crippen LogP contribution in [0.4, 0.5) is 5.69 Å². The molecule has 0 bridgehead atoms. The van der Waals surface area contributed by atoms with Crippen molar-refractivity contribution in [2.24, 2.45) is 0 Å². The zero-order valence-electron chi connectivity index (χ0n) is 16.9. The highest BCUT2D eigenvalue weighted by Gasteiger charge is 2.22. The normalized spacial score (nSPS) is 16.1. The molecule has 0 radical (unpaired) electrons. The summed E-state index contributed by atoms with van der Waals surface area (Å²) in [5, 5.41) is 16.8. The maximum absolute atomic E-state index is 12.7. The number of amides is 1. The Hall–Kier alpha value is -2.68. The lowest BCUT2D eigenvalue weighted by Gasteiger charge is -2.14. The number of benzene rings is 2. The van der Waals surface area contributed by atoms with Crippen LogP contribution in [-0.4, -0.2) is 39.1 Å². The first-order valence-corrected chi connectivity index (χ1v) is 12.1. The molecule has 1 aliphatic heterocycles. The van der Waals surface area contributed by atoms with Crippen LogP contribution in [0.3, 0.4) is 0 Å². The summed E-state index contributed by atoms with van der Waals surface area (Å²) in [7, 11) is 0. The Morgan fingerprint density at radius 2 is 2.06 bits per heavy atom. The molecule has 1 atom stereocenters. The van der Waals surface area contributed by atoms with E-state index in [2.05, 4.69) is 20.1 Å². The standard InChI is InChI=1S/C23H22N4O2S2/c28-21(24-19-10-3-7-16-6-1-2-9-18(16)19)15-31-23-26-25-22(20-11-5-13-30-20)27(23)14-17-8-4-12-29-17/h1-3,5-7,9-11,13,17H,4,8,12,14-15H2,(H,24,28). The fourth-order valence-electron chi connectivity index (χ4n) is 3.79. The van der Waals surface area contributed by atoms with Gasteiger partial charge in [-0.05, 0) is 35.7 Å². The Morgan fingerprint density at radius 1 is 1.16 bits per heavy atom. The first-order chi connectivity index (χ1) is 15.3. The van der Waals surface area contributed by atoms with Gasteiger partial charge in [-0.3, -0.25) is 9.36 Å². The Morgan fingerprint density at radius 3 is 2.90 bits per heavy atom. The van der Waals surface area contributed by atoms with Crippen molar-refractivity contribution >= 4 is 45.5 Å². The number of hydrogen-bond donors (Lipinski definition) is 1. The van der Waals surface area contributed by atoms with E-state index in [0.29, 0.717) is 6.54 Å². The minimum atomic E-state index is -0.0642. The van der Waals surface area contributed by atoms with Crippen molar-refractivity contribution in [3.63, 3.8) is 0 Å². The first-order valence-electron chi connectivity index (χ1n) is 10.3. The molecular formula is C23H22N4O2S2. The third kappa shape index (κ3) is 4.51. The van der Waals surface area contributed by atoms with E-state index in [1.807, 2.05) is 60.0 Å². The van der Waals surface area contributed by atoms with E-state index < -0.39 is 0 Å². The number of hydrogen-bond acceptors (Lipinski definition) is 6. The van der Waals surface area contributed by atoms with Gasteiger partial charge in [0.1, 0.15) is 0 Å². The van der Waals surface area contributed by atoms with Gasteiger partial charge < -0.3 is 10.1 Å². The number of rotatable bonds is 7. The van der Waals surface area contributed by atoms with Crippen LogP contribution in [0.1, 0.15) is 12.8 Å². The Bertz CT molecular complexity index is 1180. The number of ether oxygens (including phenoxy) is 1. The topological polar surface area (TPSA) is 69.0 Å². The first kappa shape index (κ1) is 20.2. The molecule has 2 aromatic carbocycles. The predicted molar refractivity (Wildman–Crippen MR) is 126 cm³/mol. The van der Waals surface area contributed by atoms with E-state index in [1.165, 1.54) is 11.8 Å². The third-order valence-electron chi connectivity index (χ3n) is 5.26. The molecule has 2 aromatic heterocycles. The molecule has 0 aliphatic carbocycles. The second-order valence-corrected chi connectivity index (χ2v) is 9.28. The van der Waals surface area contributed by atoms with Crippen LogP contribution in [0, 0.1) is 0 Å². The molecule has 0 spiro atoms. The largest absolute Gasteiger partial charge is 0.376 e. The zero-order chi connectivity index (χ0) is 21.0. The smallest absolute Gasteiger partial charge is 0.234 e. The van der Waals surface area contributed by atoms with Gasteiger partial charge in [0, 0.05) is 17.7 Å². The van der Waals surface area contributed by atoms with Gasteiger partial charge in [-0.2, -0.15) is 0 Å². The van der Waals surface area contributed by atoms with E-state index >= 15 is 0 Å². The van der Waals surface area contributed by atoms with Crippen LogP contribution in [0.15, 0.2) is 65.1 Å². The monoisotopic (exact) mass is 450 g/mol. The van der Waals surface area contributed by atoms with Gasteiger partial charge >= 0.3 is 0 Å². The average Bonchev–Trinajstić information content (AvgIpc) is 3.56. The Balaban J connectivity index is 1.32. The number of thioether (sulfide) groups is 1. The predicted octanol–water partition coefficient (Wildman–Crippen LogP) is 5.07. The summed E-state index contributed by atoms with van der Waals surface area (Å²) in [6, 6.07) is 18.0. The Labute approximate surface area is 188 Å². The number of thiophene rings is 1. The van der Waals surface area contributed by atoms with Crippen molar-refractivity contribution in [1.29, 1.82) is 0 Å². The summed E-state index contributed by atoms with van der Waals surface area (Å²) in [5.74, 6) is 1.03. The van der Waals surface area contributed by atoms with Gasteiger partial charge in [-0.1, -0.05) is 54.2 Å². The second kappa shape index (κ2) is 9.21. The van der Waals surface area contributed by atoms with Crippen molar-refractivity contribution in [1.82, 2.24) is 14.8 Å². The van der Waals surface area contributed by atoms with Gasteiger partial charge in [0.15, 0.2) is 11.0 Å². The summed E-state index contributed by atoms with van der Waals surface area (Å²) in [5.41, 5.74) is 0.823. The summed E-state index contributed by atoms with van der Waals surface area (Å²) in [6.07, 6.45) is 2.28. The number of nitrogens with one attached hydrogen (secondary N) is 1. The lowest BCUT2D eigenvalue weighted by Crippen LogP contribution is -2.18. The van der Waals surface area contributed by atoms with Crippen LogP contribution >= 0.6 is 23.1 Å². The molecule has 1 amide bonds. The maximum Gasteiger partial charge on any atom is 0.234 e. The Kier molecular flexibility index (Phi) is 6.01. The van der Waals surface area contributed by atoms with Crippen molar-refractivity contribution < 1.29 is 9.53 Å². The summed E-state index contributed by atoms with van der Waals surface area (Å²) >= 11 is 3.04. The molecule has 1 N–H and O–H groups in total. The molecule has 1 aliphatic rings. The average molecular weight is 451 g/mol. The van der Waals surface area contributed by atoms with Crippen LogP contribution < -0.4 is 5.32 Å². The number of fused-ring (bicyclic) bond motifs is 1. The van der Waals surface area contributed by atoms with Crippen LogP contribution in [0.25, 0.3) is 21.5 Å². The molecule has 3 heterocycles. The van der Waals surface area contributed by atoms with Crippen molar-refractivity contribution in [2.45, 2.75) is 30.6 Å². The van der Waals surface area contributed by atoms with E-state index in [0.717, 1.165) is 51.8 Å². The molecule has 1 unspecified atom stereocenters. The van der Waals surface area contributed by atoms with Crippen LogP contribution in [-0.2, 0) is 16.1 Å². The van der Waals surface area contributed by atoms with Crippen LogP contribution in [0.2, 0.25) is 0 Å². The molecule has 1 fully saturated rings. The minimum Gasteiger partial charge on any atom is -0.376 e. The molecule has 1 saturated heterocycles. The molecule has 5 rings (SSSR count). The fourth-order valence-corrected chi connectivity index (χ4v) is 5.26. The molecule has 4 aromatic rings. The number of anilines is 1. The molecule has 158 valence electrons. The number of carbonyl (C=O) groups is 1. The van der Waals surface area contributed by atoms with Gasteiger partial charge in [-0.15, -0.1) is 21.5 Å². The molecular weight excluding hydrogens is 428 g/mol. The van der Waals surface area contributed by atoms with E-state index in [1.54, 1.807) is 11.3 Å². The van der Waals surface area contributed by atoms with Crippen molar-refractivity contribution in [3.05, 3.63) is 60.0 Å². The molecule has 6 nitrogen and oxygen atoms in total. The number of nitrogens with zero attached hydrogens (tertiary/aromatic N) is 3. The van der Waals surface area contributed by atoms with E-state index in [9.17, 15) is 4.79 Å². The maximum atomic E-state index is 12.7. The van der Waals surface area contributed by atoms with Gasteiger partial charge in [0.05, 0.1) is 23.3 Å². The highest BCUT2D eigenvalue weighted by molar-refractivity contribution is 7.99. The zero-order valence-corrected chi connectivity index (χ0v) is 18.5. The number of carbonyl (C=O) groups excluding carboxylic acids is 1. The highest BCUT2D eigenvalue weighted by atomic mass is 32.2. The van der Waals surface area contributed by atoms with Gasteiger partial charge in [0.2, 0.25) is 5.91 Å². The quantitative estimate of drug-likeness (QED) is 0.398. The lowest BCUT2D eigenvalue weighted by atomic mass is 10.1. The highest BCUT2D eigenvalue weighted by Crippen LogP contribution is 2.29. The summed E-state index contributed by atoms with van der Waals surface area (Å²) in [4.78, 5) is 13.8. The van der Waals surface area contributed by atoms with Gasteiger partial charge in [0.25, 0.3) is 0 Å². The van der Waals surface area contributed by atoms with E-state index in [4.69, 9.17) is 4.74 Å². The second-order valence-electron chi connectivity index (χ2n) is 7.39. The third-order valence-corrected chi connectivity index (χ3v) is 7.10. The summed E-state index contributed by atoms with van der Waals surface area (Å²) in [6.45, 7) is 1.50. The summed E-state index contributed by atoms with van der Waals surface area (Å²) < 4.78 is 7.93. The minimum absolute atomic E-state index is 0.0642. The van der Waals surface area contributed by atoms with E-state index in [-0.39, 0.29) is 17.8 Å². The fraction of sp³-hybridized carbons (Fsp3) is 0.261. The van der Waals surface area contributed by atoms with Crippen molar-refractivity contribution in [2.75, 3.05) is 17.7 Å². The molecule has 31 heavy (non-hydrogen) atoms. The van der Waals surface area contributed by atoms with Crippen molar-refractivity contribution in [3.8, 4) is 10.7 Å². The molecule has 8 heteroatoms.